The number of nitrogens with two attached hydrogens (primary N) is 1. The number of phenols is 2. The van der Waals surface area contributed by atoms with Crippen molar-refractivity contribution in [3.8, 4) is 11.5 Å². The third kappa shape index (κ3) is 3.98. The molecule has 0 aliphatic carbocycles. The number of benzene rings is 1. The highest BCUT2D eigenvalue weighted by molar-refractivity contribution is 5.85. The Labute approximate surface area is 96.3 Å². The lowest BCUT2D eigenvalue weighted by molar-refractivity contribution is 0.402. The van der Waals surface area contributed by atoms with Gasteiger partial charge in [0, 0.05) is 6.04 Å². The van der Waals surface area contributed by atoms with Crippen LogP contribution in [0.15, 0.2) is 18.2 Å². The molecule has 0 aliphatic rings. The molecule has 0 amide bonds. The first kappa shape index (κ1) is 14.1. The van der Waals surface area contributed by atoms with E-state index >= 15 is 0 Å². The number of rotatable bonds is 4. The molecular weight excluding hydrogens is 214 g/mol. The van der Waals surface area contributed by atoms with Gasteiger partial charge in [-0.2, -0.15) is 0 Å². The zero-order chi connectivity index (χ0) is 10.6. The van der Waals surface area contributed by atoms with Gasteiger partial charge < -0.3 is 15.9 Å². The van der Waals surface area contributed by atoms with E-state index in [0.29, 0.717) is 0 Å². The summed E-state index contributed by atoms with van der Waals surface area (Å²) in [6.45, 7) is 2.11. The molecule has 3 nitrogen and oxygen atoms in total. The van der Waals surface area contributed by atoms with Crippen LogP contribution in [0.1, 0.15) is 37.8 Å². The average Bonchev–Trinajstić information content (AvgIpc) is 2.18. The maximum Gasteiger partial charge on any atom is 0.157 e. The maximum absolute atomic E-state index is 9.27. The molecule has 4 heteroatoms. The highest BCUT2D eigenvalue weighted by atomic mass is 35.5. The Kier molecular flexibility index (Phi) is 6.13. The molecule has 4 N–H and O–H groups in total. The predicted molar refractivity (Wildman–Crippen MR) is 63.5 cm³/mol. The van der Waals surface area contributed by atoms with Gasteiger partial charge in [0.25, 0.3) is 0 Å². The van der Waals surface area contributed by atoms with E-state index in [1.807, 2.05) is 0 Å². The van der Waals surface area contributed by atoms with E-state index in [9.17, 15) is 5.11 Å². The van der Waals surface area contributed by atoms with Crippen molar-refractivity contribution in [3.05, 3.63) is 23.8 Å². The first-order valence-electron chi connectivity index (χ1n) is 4.92. The van der Waals surface area contributed by atoms with Gasteiger partial charge in [-0.05, 0) is 24.1 Å². The standard InChI is InChI=1S/C11H17NO2.ClH/c1-2-3-4-9(12)8-5-6-10(13)11(14)7-8;/h5-7,9,13-14H,2-4,12H2,1H3;1H/t9-;/m0./s1. The zero-order valence-electron chi connectivity index (χ0n) is 8.81. The van der Waals surface area contributed by atoms with E-state index < -0.39 is 0 Å². The molecule has 86 valence electrons. The molecule has 0 fully saturated rings. The van der Waals surface area contributed by atoms with Crippen molar-refractivity contribution in [3.63, 3.8) is 0 Å². The van der Waals surface area contributed by atoms with E-state index in [1.165, 1.54) is 12.1 Å². The second-order valence-electron chi connectivity index (χ2n) is 3.50. The Bertz CT molecular complexity index is 305. The quantitative estimate of drug-likeness (QED) is 0.698. The van der Waals surface area contributed by atoms with Gasteiger partial charge in [-0.1, -0.05) is 25.8 Å². The lowest BCUT2D eigenvalue weighted by Crippen LogP contribution is -2.09. The number of hydrogen-bond donors (Lipinski definition) is 3. The number of halogens is 1. The van der Waals surface area contributed by atoms with E-state index in [2.05, 4.69) is 6.92 Å². The average molecular weight is 232 g/mol. The third-order valence-corrected chi connectivity index (χ3v) is 2.30. The minimum Gasteiger partial charge on any atom is -0.504 e. The van der Waals surface area contributed by atoms with Crippen molar-refractivity contribution in [2.75, 3.05) is 0 Å². The summed E-state index contributed by atoms with van der Waals surface area (Å²) in [6.07, 6.45) is 3.08. The molecule has 1 atom stereocenters. The van der Waals surface area contributed by atoms with E-state index in [1.54, 1.807) is 6.07 Å². The normalized spacial score (nSPS) is 11.9. The molecule has 0 saturated heterocycles. The summed E-state index contributed by atoms with van der Waals surface area (Å²) in [4.78, 5) is 0. The molecule has 0 aromatic heterocycles. The first-order chi connectivity index (χ1) is 6.65. The molecule has 1 rings (SSSR count). The van der Waals surface area contributed by atoms with Crippen molar-refractivity contribution in [1.29, 1.82) is 0 Å². The van der Waals surface area contributed by atoms with Gasteiger partial charge in [0.1, 0.15) is 0 Å². The number of hydrogen-bond acceptors (Lipinski definition) is 3. The van der Waals surface area contributed by atoms with Crippen LogP contribution in [0.4, 0.5) is 0 Å². The fourth-order valence-electron chi connectivity index (χ4n) is 1.36. The summed E-state index contributed by atoms with van der Waals surface area (Å²) in [6, 6.07) is 4.68. The number of phenolic OH excluding ortho intramolecular Hbond substituents is 2. The molecule has 1 aromatic rings. The first-order valence-corrected chi connectivity index (χ1v) is 4.92. The Balaban J connectivity index is 0.00000196. The molecule has 1 aromatic carbocycles. The molecule has 0 bridgehead atoms. The van der Waals surface area contributed by atoms with Crippen LogP contribution in [-0.4, -0.2) is 10.2 Å². The number of aromatic hydroxyl groups is 2. The molecule has 0 radical (unpaired) electrons. The summed E-state index contributed by atoms with van der Waals surface area (Å²) in [5.74, 6) is -0.203. The van der Waals surface area contributed by atoms with E-state index in [0.717, 1.165) is 24.8 Å². The van der Waals surface area contributed by atoms with E-state index in [-0.39, 0.29) is 29.9 Å². The molecular formula is C11H18ClNO2. The van der Waals surface area contributed by atoms with Gasteiger partial charge in [0.15, 0.2) is 11.5 Å². The summed E-state index contributed by atoms with van der Waals surface area (Å²) < 4.78 is 0. The fourth-order valence-corrected chi connectivity index (χ4v) is 1.36. The fraction of sp³-hybridized carbons (Fsp3) is 0.455. The SMILES string of the molecule is CCCC[C@H](N)c1ccc(O)c(O)c1.Cl. The van der Waals surface area contributed by atoms with Gasteiger partial charge in [-0.25, -0.2) is 0 Å². The second kappa shape index (κ2) is 6.53. The van der Waals surface area contributed by atoms with Crippen LogP contribution in [0.3, 0.4) is 0 Å². The summed E-state index contributed by atoms with van der Waals surface area (Å²) in [7, 11) is 0. The highest BCUT2D eigenvalue weighted by Crippen LogP contribution is 2.28. The Morgan fingerprint density at radius 1 is 1.27 bits per heavy atom. The molecule has 15 heavy (non-hydrogen) atoms. The zero-order valence-corrected chi connectivity index (χ0v) is 9.63. The summed E-state index contributed by atoms with van der Waals surface area (Å²) in [5.41, 5.74) is 6.78. The van der Waals surface area contributed by atoms with Crippen LogP contribution in [0.25, 0.3) is 0 Å². The van der Waals surface area contributed by atoms with Gasteiger partial charge in [-0.15, -0.1) is 12.4 Å². The van der Waals surface area contributed by atoms with Crippen molar-refractivity contribution in [1.82, 2.24) is 0 Å². The molecule has 0 spiro atoms. The molecule has 0 aliphatic heterocycles. The smallest absolute Gasteiger partial charge is 0.157 e. The third-order valence-electron chi connectivity index (χ3n) is 2.30. The van der Waals surface area contributed by atoms with Gasteiger partial charge in [0.05, 0.1) is 0 Å². The summed E-state index contributed by atoms with van der Waals surface area (Å²) in [5, 5.41) is 18.4. The van der Waals surface area contributed by atoms with Gasteiger partial charge in [-0.3, -0.25) is 0 Å². The largest absolute Gasteiger partial charge is 0.504 e. The summed E-state index contributed by atoms with van der Waals surface area (Å²) >= 11 is 0. The van der Waals surface area contributed by atoms with E-state index in [4.69, 9.17) is 10.8 Å². The Morgan fingerprint density at radius 2 is 1.93 bits per heavy atom. The van der Waals surface area contributed by atoms with Crippen LogP contribution in [-0.2, 0) is 0 Å². The van der Waals surface area contributed by atoms with Crippen LogP contribution < -0.4 is 5.73 Å². The minimum absolute atomic E-state index is 0. The van der Waals surface area contributed by atoms with Crippen molar-refractivity contribution < 1.29 is 10.2 Å². The van der Waals surface area contributed by atoms with Crippen LogP contribution in [0, 0.1) is 0 Å². The maximum atomic E-state index is 9.27. The minimum atomic E-state index is -0.102. The van der Waals surface area contributed by atoms with Crippen molar-refractivity contribution >= 4 is 12.4 Å². The van der Waals surface area contributed by atoms with Gasteiger partial charge in [0.2, 0.25) is 0 Å². The van der Waals surface area contributed by atoms with Gasteiger partial charge >= 0.3 is 0 Å². The molecule has 0 heterocycles. The van der Waals surface area contributed by atoms with Crippen molar-refractivity contribution in [2.45, 2.75) is 32.2 Å². The lowest BCUT2D eigenvalue weighted by Gasteiger charge is -2.11. The van der Waals surface area contributed by atoms with Crippen LogP contribution >= 0.6 is 12.4 Å². The van der Waals surface area contributed by atoms with Crippen LogP contribution in [0.2, 0.25) is 0 Å². The van der Waals surface area contributed by atoms with Crippen molar-refractivity contribution in [2.24, 2.45) is 5.73 Å². The monoisotopic (exact) mass is 231 g/mol. The second-order valence-corrected chi connectivity index (χ2v) is 3.50. The Hall–Kier alpha value is -0.930. The Morgan fingerprint density at radius 3 is 2.47 bits per heavy atom. The topological polar surface area (TPSA) is 66.5 Å². The lowest BCUT2D eigenvalue weighted by atomic mass is 10.0. The number of unbranched alkanes of at least 4 members (excludes halogenated alkanes) is 1. The molecule has 0 unspecified atom stereocenters. The van der Waals surface area contributed by atoms with Crippen LogP contribution in [0.5, 0.6) is 11.5 Å². The predicted octanol–water partition coefficient (Wildman–Crippen LogP) is 2.71. The molecule has 0 saturated carbocycles. The highest BCUT2D eigenvalue weighted by Gasteiger charge is 2.07.